The molecular weight excluding hydrogens is 230 g/mol. The van der Waals surface area contributed by atoms with Gasteiger partial charge in [0.1, 0.15) is 5.75 Å². The number of aromatic hydroxyl groups is 1. The van der Waals surface area contributed by atoms with Crippen LogP contribution in [-0.2, 0) is 5.41 Å². The normalized spacial score (nSPS) is 17.8. The highest BCUT2D eigenvalue weighted by atomic mass is 79.9. The van der Waals surface area contributed by atoms with Gasteiger partial charge in [0.2, 0.25) is 0 Å². The van der Waals surface area contributed by atoms with E-state index in [1.807, 2.05) is 12.1 Å². The third-order valence-corrected chi connectivity index (χ3v) is 2.93. The Balaban J connectivity index is 2.48. The van der Waals surface area contributed by atoms with Crippen molar-refractivity contribution in [3.05, 3.63) is 28.2 Å². The fourth-order valence-electron chi connectivity index (χ4n) is 1.48. The zero-order valence-electron chi connectivity index (χ0n) is 6.92. The lowest BCUT2D eigenvalue weighted by atomic mass is 9.97. The van der Waals surface area contributed by atoms with E-state index in [1.54, 1.807) is 6.07 Å². The van der Waals surface area contributed by atoms with Crippen LogP contribution in [0.5, 0.6) is 5.75 Å². The van der Waals surface area contributed by atoms with Crippen LogP contribution in [0.2, 0.25) is 0 Å². The summed E-state index contributed by atoms with van der Waals surface area (Å²) in [5, 5.41) is 18.5. The average Bonchev–Trinajstić information content (AvgIpc) is 2.85. The maximum atomic E-state index is 9.62. The summed E-state index contributed by atoms with van der Waals surface area (Å²) < 4.78 is 0.836. The van der Waals surface area contributed by atoms with E-state index < -0.39 is 5.41 Å². The highest BCUT2D eigenvalue weighted by Gasteiger charge is 2.46. The van der Waals surface area contributed by atoms with E-state index in [9.17, 15) is 5.11 Å². The lowest BCUT2D eigenvalue weighted by Crippen LogP contribution is -2.02. The van der Waals surface area contributed by atoms with E-state index in [2.05, 4.69) is 22.0 Å². The van der Waals surface area contributed by atoms with Gasteiger partial charge in [-0.25, -0.2) is 0 Å². The molecule has 1 saturated carbocycles. The zero-order chi connectivity index (χ0) is 9.47. The molecule has 66 valence electrons. The molecular formula is C10H8BrNO. The first-order valence-electron chi connectivity index (χ1n) is 4.08. The van der Waals surface area contributed by atoms with Crippen molar-refractivity contribution in [2.24, 2.45) is 0 Å². The van der Waals surface area contributed by atoms with Crippen LogP contribution < -0.4 is 0 Å². The number of phenols is 1. The molecule has 1 fully saturated rings. The summed E-state index contributed by atoms with van der Waals surface area (Å²) in [7, 11) is 0. The maximum absolute atomic E-state index is 9.62. The van der Waals surface area contributed by atoms with Gasteiger partial charge in [0.05, 0.1) is 11.5 Å². The Labute approximate surface area is 84.9 Å². The van der Waals surface area contributed by atoms with Gasteiger partial charge < -0.3 is 5.11 Å². The van der Waals surface area contributed by atoms with Gasteiger partial charge in [-0.15, -0.1) is 0 Å². The Morgan fingerprint density at radius 1 is 1.46 bits per heavy atom. The molecule has 0 amide bonds. The van der Waals surface area contributed by atoms with Crippen molar-refractivity contribution >= 4 is 15.9 Å². The molecule has 0 unspecified atom stereocenters. The predicted octanol–water partition coefficient (Wildman–Crippen LogP) is 2.71. The molecule has 2 nitrogen and oxygen atoms in total. The number of halogens is 1. The van der Waals surface area contributed by atoms with Crippen LogP contribution >= 0.6 is 15.9 Å². The van der Waals surface area contributed by atoms with Crippen LogP contribution in [0.3, 0.4) is 0 Å². The number of nitriles is 1. The van der Waals surface area contributed by atoms with Crippen LogP contribution in [0.4, 0.5) is 0 Å². The first-order chi connectivity index (χ1) is 6.18. The van der Waals surface area contributed by atoms with E-state index >= 15 is 0 Å². The highest BCUT2D eigenvalue weighted by molar-refractivity contribution is 9.10. The molecule has 1 aliphatic carbocycles. The molecule has 0 bridgehead atoms. The second-order valence-corrected chi connectivity index (χ2v) is 4.27. The summed E-state index contributed by atoms with van der Waals surface area (Å²) in [4.78, 5) is 0. The molecule has 3 heteroatoms. The number of rotatable bonds is 1. The smallest absolute Gasteiger partial charge is 0.121 e. The van der Waals surface area contributed by atoms with Gasteiger partial charge in [-0.3, -0.25) is 0 Å². The van der Waals surface area contributed by atoms with Crippen molar-refractivity contribution < 1.29 is 5.11 Å². The first-order valence-corrected chi connectivity index (χ1v) is 4.87. The highest BCUT2D eigenvalue weighted by Crippen LogP contribution is 2.50. The Kier molecular flexibility index (Phi) is 1.81. The SMILES string of the molecule is N#CC1(c2ccc(Br)cc2O)CC1. The molecule has 1 aromatic rings. The van der Waals surface area contributed by atoms with Crippen molar-refractivity contribution in [2.45, 2.75) is 18.3 Å². The number of phenolic OH excluding ortho intramolecular Hbond substituents is 1. The van der Waals surface area contributed by atoms with Crippen LogP contribution in [-0.4, -0.2) is 5.11 Å². The zero-order valence-corrected chi connectivity index (χ0v) is 8.50. The number of benzene rings is 1. The first kappa shape index (κ1) is 8.58. The standard InChI is InChI=1S/C10H8BrNO/c11-7-1-2-8(9(13)5-7)10(6-12)3-4-10/h1-2,5,13H,3-4H2. The van der Waals surface area contributed by atoms with Gasteiger partial charge in [0, 0.05) is 10.0 Å². The summed E-state index contributed by atoms with van der Waals surface area (Å²) in [5.41, 5.74) is 0.364. The quantitative estimate of drug-likeness (QED) is 0.817. The average molecular weight is 238 g/mol. The van der Waals surface area contributed by atoms with Crippen molar-refractivity contribution in [2.75, 3.05) is 0 Å². The monoisotopic (exact) mass is 237 g/mol. The molecule has 0 spiro atoms. The molecule has 0 radical (unpaired) electrons. The van der Waals surface area contributed by atoms with E-state index in [0.717, 1.165) is 22.9 Å². The van der Waals surface area contributed by atoms with Gasteiger partial charge in [0.25, 0.3) is 0 Å². The maximum Gasteiger partial charge on any atom is 0.121 e. The van der Waals surface area contributed by atoms with E-state index in [0.29, 0.717) is 0 Å². The van der Waals surface area contributed by atoms with Gasteiger partial charge in [-0.1, -0.05) is 22.0 Å². The predicted molar refractivity (Wildman–Crippen MR) is 52.3 cm³/mol. The Morgan fingerprint density at radius 3 is 2.62 bits per heavy atom. The van der Waals surface area contributed by atoms with Crippen molar-refractivity contribution in [1.82, 2.24) is 0 Å². The van der Waals surface area contributed by atoms with Crippen LogP contribution in [0.15, 0.2) is 22.7 Å². The summed E-state index contributed by atoms with van der Waals surface area (Å²) in [5.74, 6) is 0.216. The number of nitrogens with zero attached hydrogens (tertiary/aromatic N) is 1. The minimum Gasteiger partial charge on any atom is -0.508 e. The largest absolute Gasteiger partial charge is 0.508 e. The topological polar surface area (TPSA) is 44.0 Å². The van der Waals surface area contributed by atoms with Crippen LogP contribution in [0, 0.1) is 11.3 Å². The second kappa shape index (κ2) is 2.74. The third-order valence-electron chi connectivity index (χ3n) is 2.44. The minimum absolute atomic E-state index is 0.216. The van der Waals surface area contributed by atoms with Crippen molar-refractivity contribution in [3.63, 3.8) is 0 Å². The van der Waals surface area contributed by atoms with E-state index in [-0.39, 0.29) is 5.75 Å². The second-order valence-electron chi connectivity index (χ2n) is 3.36. The Bertz CT molecular complexity index is 390. The van der Waals surface area contributed by atoms with Crippen LogP contribution in [0.25, 0.3) is 0 Å². The summed E-state index contributed by atoms with van der Waals surface area (Å²) in [6.45, 7) is 0. The molecule has 0 atom stereocenters. The van der Waals surface area contributed by atoms with E-state index in [1.165, 1.54) is 0 Å². The molecule has 0 aliphatic heterocycles. The van der Waals surface area contributed by atoms with Crippen molar-refractivity contribution in [1.29, 1.82) is 5.26 Å². The molecule has 0 aromatic heterocycles. The van der Waals surface area contributed by atoms with E-state index in [4.69, 9.17) is 5.26 Å². The van der Waals surface area contributed by atoms with Crippen LogP contribution in [0.1, 0.15) is 18.4 Å². The van der Waals surface area contributed by atoms with Gasteiger partial charge in [-0.2, -0.15) is 5.26 Å². The van der Waals surface area contributed by atoms with Gasteiger partial charge in [0.15, 0.2) is 0 Å². The number of hydrogen-bond acceptors (Lipinski definition) is 2. The fourth-order valence-corrected chi connectivity index (χ4v) is 1.82. The Morgan fingerprint density at radius 2 is 2.15 bits per heavy atom. The molecule has 0 heterocycles. The number of hydrogen-bond donors (Lipinski definition) is 1. The van der Waals surface area contributed by atoms with Crippen molar-refractivity contribution in [3.8, 4) is 11.8 Å². The molecule has 0 saturated heterocycles. The molecule has 2 rings (SSSR count). The summed E-state index contributed by atoms with van der Waals surface area (Å²) in [6, 6.07) is 7.55. The molecule has 1 aromatic carbocycles. The molecule has 1 aliphatic rings. The van der Waals surface area contributed by atoms with Gasteiger partial charge >= 0.3 is 0 Å². The Hall–Kier alpha value is -1.01. The minimum atomic E-state index is -0.398. The van der Waals surface area contributed by atoms with Gasteiger partial charge in [-0.05, 0) is 25.0 Å². The third kappa shape index (κ3) is 1.31. The fraction of sp³-hybridized carbons (Fsp3) is 0.300. The summed E-state index contributed by atoms with van der Waals surface area (Å²) in [6.07, 6.45) is 1.72. The molecule has 13 heavy (non-hydrogen) atoms. The summed E-state index contributed by atoms with van der Waals surface area (Å²) >= 11 is 3.26. The lowest BCUT2D eigenvalue weighted by Gasteiger charge is -2.08. The molecule has 1 N–H and O–H groups in total. The lowest BCUT2D eigenvalue weighted by molar-refractivity contribution is 0.464.